The van der Waals surface area contributed by atoms with E-state index in [0.29, 0.717) is 12.2 Å². The second kappa shape index (κ2) is 5.89. The van der Waals surface area contributed by atoms with Crippen LogP contribution in [-0.2, 0) is 6.61 Å². The van der Waals surface area contributed by atoms with Crippen molar-refractivity contribution in [2.75, 3.05) is 0 Å². The van der Waals surface area contributed by atoms with Gasteiger partial charge in [-0.2, -0.15) is 0 Å². The summed E-state index contributed by atoms with van der Waals surface area (Å²) in [6.45, 7) is 2.35. The fraction of sp³-hybridized carbons (Fsp3) is 0.118. The van der Waals surface area contributed by atoms with E-state index in [1.807, 2.05) is 49.4 Å². The Balaban J connectivity index is 1.98. The molecule has 0 aliphatic rings. The fourth-order valence-electron chi connectivity index (χ4n) is 2.18. The van der Waals surface area contributed by atoms with Crippen LogP contribution >= 0.6 is 22.6 Å². The molecule has 0 bridgehead atoms. The van der Waals surface area contributed by atoms with Crippen molar-refractivity contribution in [2.24, 2.45) is 0 Å². The van der Waals surface area contributed by atoms with E-state index in [4.69, 9.17) is 9.15 Å². The lowest BCUT2D eigenvalue weighted by molar-refractivity contribution is 0.304. The molecule has 0 spiro atoms. The Morgan fingerprint density at radius 3 is 2.76 bits per heavy atom. The molecular formula is C17H13IO3. The molecule has 0 N–H and O–H groups in total. The summed E-state index contributed by atoms with van der Waals surface area (Å²) >= 11 is 2.23. The van der Waals surface area contributed by atoms with Crippen molar-refractivity contribution < 1.29 is 9.15 Å². The molecule has 0 aliphatic carbocycles. The van der Waals surface area contributed by atoms with Crippen LogP contribution < -0.4 is 10.4 Å². The predicted octanol–water partition coefficient (Wildman–Crippen LogP) is 4.29. The Bertz CT molecular complexity index is 852. The van der Waals surface area contributed by atoms with Gasteiger partial charge in [-0.15, -0.1) is 0 Å². The van der Waals surface area contributed by atoms with Crippen LogP contribution in [0.3, 0.4) is 0 Å². The molecular weight excluding hydrogens is 379 g/mol. The standard InChI is InChI=1S/C17H13IO3/c1-11-6-7-15-13(8-11)12(9-17(19)21-15)10-20-16-5-3-2-4-14(16)18/h2-9H,10H2,1H3. The van der Waals surface area contributed by atoms with Crippen molar-refractivity contribution in [1.29, 1.82) is 0 Å². The molecule has 106 valence electrons. The Labute approximate surface area is 135 Å². The first kappa shape index (κ1) is 14.1. The van der Waals surface area contributed by atoms with Crippen LogP contribution in [0.25, 0.3) is 11.0 Å². The monoisotopic (exact) mass is 392 g/mol. The van der Waals surface area contributed by atoms with Gasteiger partial charge in [-0.3, -0.25) is 0 Å². The van der Waals surface area contributed by atoms with Crippen LogP contribution in [0, 0.1) is 10.5 Å². The molecule has 0 aliphatic heterocycles. The van der Waals surface area contributed by atoms with E-state index in [-0.39, 0.29) is 5.63 Å². The lowest BCUT2D eigenvalue weighted by Crippen LogP contribution is -2.04. The van der Waals surface area contributed by atoms with Crippen LogP contribution in [0.2, 0.25) is 0 Å². The maximum absolute atomic E-state index is 11.6. The summed E-state index contributed by atoms with van der Waals surface area (Å²) in [6.07, 6.45) is 0. The zero-order chi connectivity index (χ0) is 14.8. The number of para-hydroxylation sites is 1. The first-order valence-corrected chi connectivity index (χ1v) is 7.62. The van der Waals surface area contributed by atoms with Gasteiger partial charge in [0.25, 0.3) is 0 Å². The minimum atomic E-state index is -0.354. The molecule has 0 radical (unpaired) electrons. The number of fused-ring (bicyclic) bond motifs is 1. The van der Waals surface area contributed by atoms with Crippen molar-refractivity contribution in [3.63, 3.8) is 0 Å². The van der Waals surface area contributed by atoms with Gasteiger partial charge >= 0.3 is 5.63 Å². The molecule has 0 unspecified atom stereocenters. The molecule has 3 aromatic rings. The normalized spacial score (nSPS) is 10.8. The van der Waals surface area contributed by atoms with Gasteiger partial charge in [0.2, 0.25) is 0 Å². The molecule has 3 nitrogen and oxygen atoms in total. The lowest BCUT2D eigenvalue weighted by atomic mass is 10.1. The summed E-state index contributed by atoms with van der Waals surface area (Å²) in [5, 5.41) is 0.917. The Hall–Kier alpha value is -1.82. The van der Waals surface area contributed by atoms with Crippen LogP contribution in [0.4, 0.5) is 0 Å². The topological polar surface area (TPSA) is 39.4 Å². The number of halogens is 1. The van der Waals surface area contributed by atoms with Crippen molar-refractivity contribution in [3.05, 3.63) is 73.6 Å². The van der Waals surface area contributed by atoms with E-state index >= 15 is 0 Å². The van der Waals surface area contributed by atoms with Crippen molar-refractivity contribution in [1.82, 2.24) is 0 Å². The number of aryl methyl sites for hydroxylation is 1. The van der Waals surface area contributed by atoms with Crippen molar-refractivity contribution in [2.45, 2.75) is 13.5 Å². The van der Waals surface area contributed by atoms with E-state index < -0.39 is 0 Å². The summed E-state index contributed by atoms with van der Waals surface area (Å²) in [4.78, 5) is 11.6. The van der Waals surface area contributed by atoms with Crippen molar-refractivity contribution in [3.8, 4) is 5.75 Å². The zero-order valence-corrected chi connectivity index (χ0v) is 13.6. The number of ether oxygens (including phenoxy) is 1. The molecule has 0 amide bonds. The van der Waals surface area contributed by atoms with E-state index in [9.17, 15) is 4.79 Å². The second-order valence-corrected chi connectivity index (χ2v) is 5.97. The fourth-order valence-corrected chi connectivity index (χ4v) is 2.72. The average molecular weight is 392 g/mol. The number of rotatable bonds is 3. The highest BCUT2D eigenvalue weighted by atomic mass is 127. The van der Waals surface area contributed by atoms with Crippen LogP contribution in [0.5, 0.6) is 5.75 Å². The lowest BCUT2D eigenvalue weighted by Gasteiger charge is -2.10. The van der Waals surface area contributed by atoms with E-state index in [1.54, 1.807) is 0 Å². The highest BCUT2D eigenvalue weighted by molar-refractivity contribution is 14.1. The van der Waals surface area contributed by atoms with Gasteiger partial charge in [-0.25, -0.2) is 4.79 Å². The highest BCUT2D eigenvalue weighted by Crippen LogP contribution is 2.23. The first-order valence-electron chi connectivity index (χ1n) is 6.54. The molecule has 0 saturated carbocycles. The van der Waals surface area contributed by atoms with Crippen LogP contribution in [0.1, 0.15) is 11.1 Å². The van der Waals surface area contributed by atoms with E-state index in [0.717, 1.165) is 25.8 Å². The third-order valence-electron chi connectivity index (χ3n) is 3.20. The Morgan fingerprint density at radius 1 is 1.14 bits per heavy atom. The van der Waals surface area contributed by atoms with Crippen molar-refractivity contribution >= 4 is 33.6 Å². The third-order valence-corrected chi connectivity index (χ3v) is 4.09. The summed E-state index contributed by atoms with van der Waals surface area (Å²) in [5.74, 6) is 0.812. The summed E-state index contributed by atoms with van der Waals surface area (Å²) in [7, 11) is 0. The number of benzene rings is 2. The minimum Gasteiger partial charge on any atom is -0.488 e. The number of hydrogen-bond donors (Lipinski definition) is 0. The molecule has 4 heteroatoms. The molecule has 1 heterocycles. The summed E-state index contributed by atoms with van der Waals surface area (Å²) in [6, 6.07) is 15.0. The molecule has 0 saturated heterocycles. The van der Waals surface area contributed by atoms with Gasteiger partial charge in [0.05, 0.1) is 3.57 Å². The molecule has 21 heavy (non-hydrogen) atoms. The smallest absolute Gasteiger partial charge is 0.336 e. The zero-order valence-electron chi connectivity index (χ0n) is 11.4. The maximum Gasteiger partial charge on any atom is 0.336 e. The molecule has 0 atom stereocenters. The quantitative estimate of drug-likeness (QED) is 0.493. The maximum atomic E-state index is 11.6. The largest absolute Gasteiger partial charge is 0.488 e. The first-order chi connectivity index (χ1) is 10.1. The highest BCUT2D eigenvalue weighted by Gasteiger charge is 2.07. The molecule has 2 aromatic carbocycles. The Kier molecular flexibility index (Phi) is 3.96. The Morgan fingerprint density at radius 2 is 1.95 bits per heavy atom. The van der Waals surface area contributed by atoms with Gasteiger partial charge in [0.15, 0.2) is 0 Å². The summed E-state index contributed by atoms with van der Waals surface area (Å²) in [5.41, 5.74) is 2.19. The SMILES string of the molecule is Cc1ccc2oc(=O)cc(COc3ccccc3I)c2c1. The average Bonchev–Trinajstić information content (AvgIpc) is 2.47. The summed E-state index contributed by atoms with van der Waals surface area (Å²) < 4.78 is 12.1. The van der Waals surface area contributed by atoms with Gasteiger partial charge in [0.1, 0.15) is 17.9 Å². The van der Waals surface area contributed by atoms with Gasteiger partial charge in [-0.1, -0.05) is 23.8 Å². The number of hydrogen-bond acceptors (Lipinski definition) is 3. The molecule has 0 fully saturated rings. The van der Waals surface area contributed by atoms with E-state index in [2.05, 4.69) is 22.6 Å². The van der Waals surface area contributed by atoms with Gasteiger partial charge in [0, 0.05) is 17.0 Å². The molecule has 3 rings (SSSR count). The van der Waals surface area contributed by atoms with E-state index in [1.165, 1.54) is 6.07 Å². The van der Waals surface area contributed by atoms with Crippen LogP contribution in [-0.4, -0.2) is 0 Å². The molecule has 1 aromatic heterocycles. The van der Waals surface area contributed by atoms with Crippen LogP contribution in [0.15, 0.2) is 57.7 Å². The van der Waals surface area contributed by atoms with Gasteiger partial charge < -0.3 is 9.15 Å². The predicted molar refractivity (Wildman–Crippen MR) is 90.7 cm³/mol. The second-order valence-electron chi connectivity index (χ2n) is 4.81. The third kappa shape index (κ3) is 3.10. The van der Waals surface area contributed by atoms with Gasteiger partial charge in [-0.05, 0) is 53.8 Å². The minimum absolute atomic E-state index is 0.339.